The monoisotopic (exact) mass is 520 g/mol. The summed E-state index contributed by atoms with van der Waals surface area (Å²) in [5.41, 5.74) is 0.367. The molecule has 0 bridgehead atoms. The summed E-state index contributed by atoms with van der Waals surface area (Å²) >= 11 is 1.45. The van der Waals surface area contributed by atoms with Crippen LogP contribution in [0.15, 0.2) is 5.38 Å². The van der Waals surface area contributed by atoms with Gasteiger partial charge in [-0.1, -0.05) is 41.5 Å². The molecule has 2 fully saturated rings. The largest absolute Gasteiger partial charge is 0.331 e. The van der Waals surface area contributed by atoms with Crippen LogP contribution in [0, 0.1) is 23.7 Å². The lowest BCUT2D eigenvalue weighted by molar-refractivity contribution is -0.129. The summed E-state index contributed by atoms with van der Waals surface area (Å²) in [6, 6.07) is -0.582. The molecule has 33 heavy (non-hydrogen) atoms. The zero-order valence-electron chi connectivity index (χ0n) is 20.4. The molecule has 3 atom stereocenters. The van der Waals surface area contributed by atoms with Crippen LogP contribution in [0.4, 0.5) is 0 Å². The average Bonchev–Trinajstić information content (AvgIpc) is 3.33. The van der Waals surface area contributed by atoms with Gasteiger partial charge in [0.2, 0.25) is 15.9 Å². The van der Waals surface area contributed by atoms with E-state index in [0.29, 0.717) is 43.1 Å². The van der Waals surface area contributed by atoms with Crippen LogP contribution in [0.3, 0.4) is 0 Å². The van der Waals surface area contributed by atoms with Crippen LogP contribution >= 0.6 is 23.7 Å². The Morgan fingerprint density at radius 1 is 1.21 bits per heavy atom. The first-order chi connectivity index (χ1) is 14.8. The number of carbonyl (C=O) groups excluding carboxylic acids is 2. The third-order valence-corrected chi connectivity index (χ3v) is 8.64. The molecule has 0 aliphatic carbocycles. The summed E-state index contributed by atoms with van der Waals surface area (Å²) in [5.74, 6) is -0.246. The molecule has 11 heteroatoms. The van der Waals surface area contributed by atoms with Gasteiger partial charge in [-0.3, -0.25) is 9.59 Å². The van der Waals surface area contributed by atoms with E-state index in [1.165, 1.54) is 11.3 Å². The van der Waals surface area contributed by atoms with Crippen molar-refractivity contribution in [3.63, 3.8) is 0 Å². The highest BCUT2D eigenvalue weighted by Gasteiger charge is 2.58. The molecule has 3 rings (SSSR count). The average molecular weight is 521 g/mol. The topological polar surface area (TPSA) is 99.7 Å². The van der Waals surface area contributed by atoms with Crippen molar-refractivity contribution in [1.29, 1.82) is 0 Å². The van der Waals surface area contributed by atoms with E-state index in [4.69, 9.17) is 0 Å². The first kappa shape index (κ1) is 28.0. The molecule has 1 aromatic heterocycles. The highest BCUT2D eigenvalue weighted by molar-refractivity contribution is 7.88. The SMILES string of the molecule is CC(C)C(NCc1nc(C(=O)N2CC[C@H]3[C@H]2[C@@H](C(C)C)C(=O)N3S(C)(=O)=O)cs1)C(C)C.Cl. The number of amides is 2. The molecule has 0 radical (unpaired) electrons. The Balaban J connectivity index is 0.00000385. The van der Waals surface area contributed by atoms with Gasteiger partial charge in [0.05, 0.1) is 24.3 Å². The number of rotatable bonds is 8. The van der Waals surface area contributed by atoms with E-state index in [1.54, 1.807) is 10.3 Å². The van der Waals surface area contributed by atoms with Crippen LogP contribution in [0.2, 0.25) is 0 Å². The molecule has 188 valence electrons. The van der Waals surface area contributed by atoms with Crippen LogP contribution < -0.4 is 5.32 Å². The first-order valence-electron chi connectivity index (χ1n) is 11.4. The molecule has 8 nitrogen and oxygen atoms in total. The van der Waals surface area contributed by atoms with Gasteiger partial charge >= 0.3 is 0 Å². The second kappa shape index (κ2) is 10.6. The Labute approximate surface area is 208 Å². The van der Waals surface area contributed by atoms with Crippen molar-refractivity contribution in [3.05, 3.63) is 16.1 Å². The molecule has 0 aromatic carbocycles. The van der Waals surface area contributed by atoms with Crippen molar-refractivity contribution in [1.82, 2.24) is 19.5 Å². The lowest BCUT2D eigenvalue weighted by Gasteiger charge is -2.28. The third kappa shape index (κ3) is 5.55. The fourth-order valence-corrected chi connectivity index (χ4v) is 7.24. The van der Waals surface area contributed by atoms with Crippen molar-refractivity contribution >= 4 is 45.6 Å². The van der Waals surface area contributed by atoms with Gasteiger partial charge in [-0.05, 0) is 24.2 Å². The Morgan fingerprint density at radius 3 is 2.33 bits per heavy atom. The van der Waals surface area contributed by atoms with E-state index in [1.807, 2.05) is 13.8 Å². The normalized spacial score (nSPS) is 23.2. The fraction of sp³-hybridized carbons (Fsp3) is 0.773. The van der Waals surface area contributed by atoms with Gasteiger partial charge in [0.15, 0.2) is 0 Å². The Hall–Kier alpha value is -1.23. The van der Waals surface area contributed by atoms with Gasteiger partial charge in [0.1, 0.15) is 10.7 Å². The molecular weight excluding hydrogens is 484 g/mol. The smallest absolute Gasteiger partial charge is 0.273 e. The van der Waals surface area contributed by atoms with Gasteiger partial charge in [-0.15, -0.1) is 23.7 Å². The molecule has 0 spiro atoms. The summed E-state index contributed by atoms with van der Waals surface area (Å²) in [6.45, 7) is 13.6. The van der Waals surface area contributed by atoms with Gasteiger partial charge in [0, 0.05) is 24.5 Å². The second-order valence-corrected chi connectivity index (χ2v) is 12.8. The number of fused-ring (bicyclic) bond motifs is 1. The predicted octanol–water partition coefficient (Wildman–Crippen LogP) is 2.99. The minimum Gasteiger partial charge on any atom is -0.331 e. The van der Waals surface area contributed by atoms with Crippen LogP contribution in [0.25, 0.3) is 0 Å². The number of halogens is 1. The maximum absolute atomic E-state index is 13.4. The summed E-state index contributed by atoms with van der Waals surface area (Å²) in [5, 5.41) is 6.16. The molecule has 0 unspecified atom stereocenters. The second-order valence-electron chi connectivity index (χ2n) is 10.0. The van der Waals surface area contributed by atoms with Crippen molar-refractivity contribution < 1.29 is 18.0 Å². The lowest BCUT2D eigenvalue weighted by atomic mass is 9.88. The number of sulfonamides is 1. The zero-order chi connectivity index (χ0) is 24.0. The maximum Gasteiger partial charge on any atom is 0.273 e. The summed E-state index contributed by atoms with van der Waals surface area (Å²) in [7, 11) is -3.69. The Bertz CT molecular complexity index is 955. The number of hydrogen-bond acceptors (Lipinski definition) is 7. The molecule has 3 heterocycles. The number of carbonyl (C=O) groups is 2. The van der Waals surface area contributed by atoms with Gasteiger partial charge in [0.25, 0.3) is 5.91 Å². The van der Waals surface area contributed by atoms with E-state index in [9.17, 15) is 18.0 Å². The molecule has 1 aromatic rings. The van der Waals surface area contributed by atoms with Crippen LogP contribution in [-0.2, 0) is 21.4 Å². The van der Waals surface area contributed by atoms with Crippen molar-refractivity contribution in [2.45, 2.75) is 72.6 Å². The van der Waals surface area contributed by atoms with Crippen LogP contribution in [-0.4, -0.2) is 65.3 Å². The Kier molecular flexibility index (Phi) is 8.98. The minimum absolute atomic E-state index is 0. The number of aromatic nitrogens is 1. The summed E-state index contributed by atoms with van der Waals surface area (Å²) in [4.78, 5) is 32.6. The molecule has 2 saturated heterocycles. The maximum atomic E-state index is 13.4. The first-order valence-corrected chi connectivity index (χ1v) is 14.1. The van der Waals surface area contributed by atoms with E-state index < -0.39 is 33.9 Å². The van der Waals surface area contributed by atoms with Gasteiger partial charge < -0.3 is 10.2 Å². The van der Waals surface area contributed by atoms with Crippen molar-refractivity contribution in [2.24, 2.45) is 23.7 Å². The molecule has 2 aliphatic heterocycles. The molecule has 0 saturated carbocycles. The highest BCUT2D eigenvalue weighted by atomic mass is 35.5. The summed E-state index contributed by atoms with van der Waals surface area (Å²) in [6.07, 6.45) is 1.53. The standard InChI is InChI=1S/C22H36N4O4S2.ClH/c1-12(2)18-20-16(26(22(18)28)32(7,29)30)8-9-25(20)21(27)15-11-31-17(24-15)10-23-19(13(3)4)14(5)6;/h11-14,16,18-20,23H,8-10H2,1-7H3;1H/t16-,18+,20-;/m0./s1. The Morgan fingerprint density at radius 2 is 1.82 bits per heavy atom. The summed E-state index contributed by atoms with van der Waals surface area (Å²) < 4.78 is 25.6. The zero-order valence-corrected chi connectivity index (χ0v) is 22.9. The fourth-order valence-electron chi connectivity index (χ4n) is 5.35. The highest BCUT2D eigenvalue weighted by Crippen LogP contribution is 2.41. The third-order valence-electron chi connectivity index (χ3n) is 6.62. The van der Waals surface area contributed by atoms with Gasteiger partial charge in [-0.2, -0.15) is 0 Å². The lowest BCUT2D eigenvalue weighted by Crippen LogP contribution is -2.44. The quantitative estimate of drug-likeness (QED) is 0.565. The molecule has 2 aliphatic rings. The molecule has 2 amide bonds. The predicted molar refractivity (Wildman–Crippen MR) is 133 cm³/mol. The number of nitrogens with zero attached hydrogens (tertiary/aromatic N) is 3. The van der Waals surface area contributed by atoms with E-state index in [2.05, 4.69) is 38.0 Å². The van der Waals surface area contributed by atoms with Crippen molar-refractivity contribution in [2.75, 3.05) is 12.8 Å². The van der Waals surface area contributed by atoms with E-state index in [-0.39, 0.29) is 24.2 Å². The molecular formula is C22H37ClN4O4S2. The van der Waals surface area contributed by atoms with Crippen molar-refractivity contribution in [3.8, 4) is 0 Å². The minimum atomic E-state index is -3.69. The number of likely N-dealkylation sites (tertiary alicyclic amines) is 1. The van der Waals surface area contributed by atoms with E-state index in [0.717, 1.165) is 15.6 Å². The van der Waals surface area contributed by atoms with Crippen LogP contribution in [0.1, 0.15) is 63.5 Å². The van der Waals surface area contributed by atoms with E-state index >= 15 is 0 Å². The number of thiazole rings is 1. The van der Waals surface area contributed by atoms with Gasteiger partial charge in [-0.25, -0.2) is 17.7 Å². The van der Waals surface area contributed by atoms with Crippen LogP contribution in [0.5, 0.6) is 0 Å². The number of hydrogen-bond donors (Lipinski definition) is 1. The number of nitrogens with one attached hydrogen (secondary N) is 1. The molecule has 1 N–H and O–H groups in total.